The van der Waals surface area contributed by atoms with Crippen molar-refractivity contribution in [2.75, 3.05) is 11.9 Å². The summed E-state index contributed by atoms with van der Waals surface area (Å²) in [6, 6.07) is 12.5. The zero-order chi connectivity index (χ0) is 22.7. The van der Waals surface area contributed by atoms with Crippen LogP contribution >= 0.6 is 0 Å². The Morgan fingerprint density at radius 1 is 1.19 bits per heavy atom. The lowest BCUT2D eigenvalue weighted by Crippen LogP contribution is -2.21. The lowest BCUT2D eigenvalue weighted by Gasteiger charge is -2.08. The Morgan fingerprint density at radius 2 is 1.97 bits per heavy atom. The summed E-state index contributed by atoms with van der Waals surface area (Å²) in [7, 11) is 0. The summed E-state index contributed by atoms with van der Waals surface area (Å²) in [6.07, 6.45) is 4.38. The number of anilines is 1. The van der Waals surface area contributed by atoms with Crippen LogP contribution in [0, 0.1) is 0 Å². The maximum Gasteiger partial charge on any atom is 0.328 e. The van der Waals surface area contributed by atoms with E-state index in [9.17, 15) is 14.4 Å². The molecule has 3 aromatic rings. The Labute approximate surface area is 183 Å². The third-order valence-corrected chi connectivity index (χ3v) is 5.02. The Kier molecular flexibility index (Phi) is 5.85. The molecule has 32 heavy (non-hydrogen) atoms. The zero-order valence-corrected chi connectivity index (χ0v) is 17.4. The van der Waals surface area contributed by atoms with E-state index in [4.69, 9.17) is 9.84 Å². The van der Waals surface area contributed by atoms with Crippen LogP contribution in [-0.4, -0.2) is 33.1 Å². The third kappa shape index (κ3) is 4.44. The summed E-state index contributed by atoms with van der Waals surface area (Å²) in [6.45, 7) is 3.09. The first kappa shape index (κ1) is 21.0. The standard InChI is InChI=1S/C24H21N3O5/c1-2-32-18-6-3-15(4-7-18)13-16-11-12-27-23(16)26-20-14-17(5-8-19(20)24(27)31)25-21(28)9-10-22(29)30/h3-10,13-14H,2,11-12H2,1H3,(H,25,28)(H,29,30). The van der Waals surface area contributed by atoms with Crippen molar-refractivity contribution in [2.24, 2.45) is 0 Å². The highest BCUT2D eigenvalue weighted by atomic mass is 16.5. The van der Waals surface area contributed by atoms with Crippen LogP contribution in [0.2, 0.25) is 0 Å². The molecule has 0 saturated heterocycles. The van der Waals surface area contributed by atoms with Gasteiger partial charge in [-0.05, 0) is 60.9 Å². The van der Waals surface area contributed by atoms with E-state index in [-0.39, 0.29) is 5.56 Å². The average Bonchev–Trinajstić information content (AvgIpc) is 3.16. The number of allylic oxidation sites excluding steroid dienone is 1. The number of hydrogen-bond acceptors (Lipinski definition) is 5. The van der Waals surface area contributed by atoms with Crippen molar-refractivity contribution in [3.63, 3.8) is 0 Å². The Bertz CT molecular complexity index is 1320. The predicted octanol–water partition coefficient (Wildman–Crippen LogP) is 3.32. The number of ether oxygens (including phenoxy) is 1. The largest absolute Gasteiger partial charge is 0.494 e. The molecule has 8 heteroatoms. The molecule has 1 amide bonds. The quantitative estimate of drug-likeness (QED) is 0.580. The van der Waals surface area contributed by atoms with E-state index >= 15 is 0 Å². The van der Waals surface area contributed by atoms with Gasteiger partial charge >= 0.3 is 5.97 Å². The molecule has 0 unspecified atom stereocenters. The maximum absolute atomic E-state index is 13.0. The van der Waals surface area contributed by atoms with Crippen molar-refractivity contribution in [1.82, 2.24) is 9.55 Å². The molecule has 162 valence electrons. The molecule has 0 bridgehead atoms. The number of nitrogens with zero attached hydrogens (tertiary/aromatic N) is 2. The van der Waals surface area contributed by atoms with Gasteiger partial charge in [-0.25, -0.2) is 9.78 Å². The minimum Gasteiger partial charge on any atom is -0.494 e. The van der Waals surface area contributed by atoms with Crippen molar-refractivity contribution in [2.45, 2.75) is 19.9 Å². The summed E-state index contributed by atoms with van der Waals surface area (Å²) in [5, 5.41) is 11.7. The first-order valence-electron chi connectivity index (χ1n) is 10.1. The Morgan fingerprint density at radius 3 is 2.69 bits per heavy atom. The lowest BCUT2D eigenvalue weighted by atomic mass is 10.1. The summed E-state index contributed by atoms with van der Waals surface area (Å²) in [5.74, 6) is -0.392. The van der Waals surface area contributed by atoms with E-state index in [1.54, 1.807) is 22.8 Å². The van der Waals surface area contributed by atoms with Gasteiger partial charge in [0, 0.05) is 24.4 Å². The van der Waals surface area contributed by atoms with E-state index in [2.05, 4.69) is 10.3 Å². The molecule has 0 saturated carbocycles. The number of amides is 1. The van der Waals surface area contributed by atoms with Gasteiger partial charge < -0.3 is 15.2 Å². The van der Waals surface area contributed by atoms with E-state index < -0.39 is 11.9 Å². The van der Waals surface area contributed by atoms with Gasteiger partial charge in [-0.1, -0.05) is 12.1 Å². The van der Waals surface area contributed by atoms with Gasteiger partial charge in [-0.3, -0.25) is 14.2 Å². The van der Waals surface area contributed by atoms with Crippen LogP contribution in [0.1, 0.15) is 24.7 Å². The number of rotatable bonds is 6. The second-order valence-corrected chi connectivity index (χ2v) is 7.21. The lowest BCUT2D eigenvalue weighted by molar-refractivity contribution is -0.131. The highest BCUT2D eigenvalue weighted by Crippen LogP contribution is 2.28. The fourth-order valence-corrected chi connectivity index (χ4v) is 3.59. The van der Waals surface area contributed by atoms with Crippen molar-refractivity contribution >= 4 is 40.1 Å². The molecule has 2 heterocycles. The van der Waals surface area contributed by atoms with Crippen molar-refractivity contribution in [3.8, 4) is 5.75 Å². The van der Waals surface area contributed by atoms with E-state index in [0.717, 1.165) is 29.0 Å². The molecular formula is C24H21N3O5. The van der Waals surface area contributed by atoms with E-state index in [1.807, 2.05) is 37.3 Å². The Balaban J connectivity index is 1.67. The molecule has 2 N–H and O–H groups in total. The van der Waals surface area contributed by atoms with Crippen LogP contribution in [0.25, 0.3) is 22.6 Å². The molecule has 0 spiro atoms. The monoisotopic (exact) mass is 431 g/mol. The number of aromatic nitrogens is 2. The molecule has 1 aliphatic heterocycles. The van der Waals surface area contributed by atoms with Crippen LogP contribution < -0.4 is 15.6 Å². The molecular weight excluding hydrogens is 410 g/mol. The second-order valence-electron chi connectivity index (χ2n) is 7.21. The first-order valence-corrected chi connectivity index (χ1v) is 10.1. The van der Waals surface area contributed by atoms with Gasteiger partial charge in [0.1, 0.15) is 11.6 Å². The molecule has 0 radical (unpaired) electrons. The summed E-state index contributed by atoms with van der Waals surface area (Å²) < 4.78 is 7.14. The number of aliphatic carboxylic acids is 1. The number of carbonyl (C=O) groups is 2. The summed E-state index contributed by atoms with van der Waals surface area (Å²) in [4.78, 5) is 40.1. The highest BCUT2D eigenvalue weighted by Gasteiger charge is 2.21. The van der Waals surface area contributed by atoms with Crippen LogP contribution in [-0.2, 0) is 16.1 Å². The van der Waals surface area contributed by atoms with Crippen molar-refractivity contribution in [3.05, 3.63) is 76.4 Å². The van der Waals surface area contributed by atoms with Gasteiger partial charge in [-0.2, -0.15) is 0 Å². The van der Waals surface area contributed by atoms with Crippen molar-refractivity contribution in [1.29, 1.82) is 0 Å². The van der Waals surface area contributed by atoms with E-state index in [1.165, 1.54) is 0 Å². The minimum atomic E-state index is -1.21. The maximum atomic E-state index is 13.0. The number of carboxylic acid groups (broad SMARTS) is 1. The summed E-state index contributed by atoms with van der Waals surface area (Å²) in [5.41, 5.74) is 2.68. The number of carboxylic acids is 1. The Hall–Kier alpha value is -4.20. The fraction of sp³-hybridized carbons (Fsp3) is 0.167. The van der Waals surface area contributed by atoms with E-state index in [0.29, 0.717) is 42.0 Å². The number of carbonyl (C=O) groups excluding carboxylic acids is 1. The molecule has 1 aromatic heterocycles. The zero-order valence-electron chi connectivity index (χ0n) is 17.4. The third-order valence-electron chi connectivity index (χ3n) is 5.02. The van der Waals surface area contributed by atoms with Gasteiger partial charge in [0.2, 0.25) is 5.91 Å². The molecule has 2 aromatic carbocycles. The molecule has 4 rings (SSSR count). The van der Waals surface area contributed by atoms with Crippen LogP contribution in [0.4, 0.5) is 5.69 Å². The fourth-order valence-electron chi connectivity index (χ4n) is 3.59. The normalized spacial score (nSPS) is 14.1. The molecule has 0 atom stereocenters. The minimum absolute atomic E-state index is 0.135. The number of hydrogen-bond donors (Lipinski definition) is 2. The summed E-state index contributed by atoms with van der Waals surface area (Å²) >= 11 is 0. The molecule has 0 fully saturated rings. The van der Waals surface area contributed by atoms with Gasteiger partial charge in [-0.15, -0.1) is 0 Å². The number of nitrogens with one attached hydrogen (secondary N) is 1. The van der Waals surface area contributed by atoms with Crippen LogP contribution in [0.3, 0.4) is 0 Å². The highest BCUT2D eigenvalue weighted by molar-refractivity contribution is 6.03. The first-order chi connectivity index (χ1) is 15.4. The SMILES string of the molecule is CCOc1ccc(C=C2CCn3c2nc2cc(NC(=O)C=CC(=O)O)ccc2c3=O)cc1. The van der Waals surface area contributed by atoms with Crippen molar-refractivity contribution < 1.29 is 19.4 Å². The molecule has 0 aliphatic carbocycles. The van der Waals surface area contributed by atoms with Gasteiger partial charge in [0.25, 0.3) is 5.56 Å². The predicted molar refractivity (Wildman–Crippen MR) is 122 cm³/mol. The number of benzene rings is 2. The molecule has 8 nitrogen and oxygen atoms in total. The average molecular weight is 431 g/mol. The topological polar surface area (TPSA) is 111 Å². The van der Waals surface area contributed by atoms with Crippen LogP contribution in [0.5, 0.6) is 5.75 Å². The van der Waals surface area contributed by atoms with Gasteiger partial charge in [0.15, 0.2) is 0 Å². The second kappa shape index (κ2) is 8.89. The van der Waals surface area contributed by atoms with Gasteiger partial charge in [0.05, 0.1) is 17.5 Å². The van der Waals surface area contributed by atoms with Crippen LogP contribution in [0.15, 0.2) is 59.4 Å². The number of fused-ring (bicyclic) bond motifs is 2. The molecule has 1 aliphatic rings. The smallest absolute Gasteiger partial charge is 0.328 e.